The number of carbonyl (C=O) groups is 1. The van der Waals surface area contributed by atoms with Crippen molar-refractivity contribution in [1.29, 1.82) is 0 Å². The average molecular weight is 455 g/mol. The van der Waals surface area contributed by atoms with Gasteiger partial charge in [0.1, 0.15) is 5.52 Å². The van der Waals surface area contributed by atoms with Crippen molar-refractivity contribution < 1.29 is 4.79 Å². The van der Waals surface area contributed by atoms with Crippen LogP contribution in [0.5, 0.6) is 0 Å². The number of pyridine rings is 1. The van der Waals surface area contributed by atoms with Crippen molar-refractivity contribution >= 4 is 34.3 Å². The fraction of sp³-hybridized carbons (Fsp3) is 0.115. The molecule has 2 aromatic carbocycles. The number of hydrogen-bond donors (Lipinski definition) is 1. The maximum absolute atomic E-state index is 13.2. The molecule has 6 nitrogen and oxygen atoms in total. The second-order valence-electron chi connectivity index (χ2n) is 7.73. The van der Waals surface area contributed by atoms with E-state index in [4.69, 9.17) is 0 Å². The molecule has 0 aliphatic heterocycles. The van der Waals surface area contributed by atoms with Crippen LogP contribution in [0.25, 0.3) is 16.7 Å². The number of benzene rings is 2. The smallest absolute Gasteiger partial charge is 0.276 e. The Hall–Kier alpha value is -3.84. The van der Waals surface area contributed by atoms with Gasteiger partial charge in [-0.2, -0.15) is 0 Å². The van der Waals surface area contributed by atoms with Crippen LogP contribution in [0.3, 0.4) is 0 Å². The first-order chi connectivity index (χ1) is 16.1. The van der Waals surface area contributed by atoms with Gasteiger partial charge in [-0.1, -0.05) is 24.3 Å². The molecular weight excluding hydrogens is 432 g/mol. The summed E-state index contributed by atoms with van der Waals surface area (Å²) in [5, 5.41) is 2.98. The molecule has 0 bridgehead atoms. The lowest BCUT2D eigenvalue weighted by molar-refractivity contribution is 0.0951. The molecule has 0 unspecified atom stereocenters. The summed E-state index contributed by atoms with van der Waals surface area (Å²) in [5.41, 5.74) is 4.40. The molecule has 0 saturated heterocycles. The van der Waals surface area contributed by atoms with E-state index in [0.717, 1.165) is 16.6 Å². The second kappa shape index (κ2) is 8.96. The molecule has 0 atom stereocenters. The third kappa shape index (κ3) is 4.15. The molecule has 7 heteroatoms. The molecule has 3 heterocycles. The van der Waals surface area contributed by atoms with Crippen LogP contribution in [-0.2, 0) is 13.1 Å². The Labute approximate surface area is 194 Å². The highest BCUT2D eigenvalue weighted by Crippen LogP contribution is 2.16. The highest BCUT2D eigenvalue weighted by atomic mass is 32.2. The summed E-state index contributed by atoms with van der Waals surface area (Å²) in [4.78, 5) is 31.6. The van der Waals surface area contributed by atoms with Gasteiger partial charge in [0.2, 0.25) is 0 Å². The molecule has 33 heavy (non-hydrogen) atoms. The quantitative estimate of drug-likeness (QED) is 0.388. The van der Waals surface area contributed by atoms with Crippen LogP contribution >= 0.6 is 11.8 Å². The third-order valence-electron chi connectivity index (χ3n) is 5.64. The van der Waals surface area contributed by atoms with Gasteiger partial charge in [-0.05, 0) is 65.9 Å². The standard InChI is InChI=1S/C26H22N4O2S/c1-33-21-11-9-18(10-12-21)16-28-25(31)20-6-2-5-19(15-20)17-30-24-22(7-3-13-27-24)29-14-4-8-23(29)26(30)32/h2-15H,16-17H2,1H3,(H,28,31). The number of amides is 1. The van der Waals surface area contributed by atoms with E-state index in [1.807, 2.05) is 77.5 Å². The minimum absolute atomic E-state index is 0.116. The van der Waals surface area contributed by atoms with Crippen LogP contribution in [0.4, 0.5) is 0 Å². The highest BCUT2D eigenvalue weighted by Gasteiger charge is 2.13. The van der Waals surface area contributed by atoms with Gasteiger partial charge in [0.15, 0.2) is 5.65 Å². The Bertz CT molecular complexity index is 1520. The van der Waals surface area contributed by atoms with Crippen LogP contribution in [0.1, 0.15) is 21.5 Å². The van der Waals surface area contributed by atoms with Crippen LogP contribution < -0.4 is 10.9 Å². The topological polar surface area (TPSA) is 68.4 Å². The van der Waals surface area contributed by atoms with Gasteiger partial charge in [-0.3, -0.25) is 14.2 Å². The first-order valence-electron chi connectivity index (χ1n) is 10.6. The number of aromatic nitrogens is 3. The number of rotatable bonds is 6. The number of nitrogens with zero attached hydrogens (tertiary/aromatic N) is 3. The van der Waals surface area contributed by atoms with Crippen LogP contribution in [0.15, 0.2) is 94.9 Å². The van der Waals surface area contributed by atoms with Crippen molar-refractivity contribution in [2.45, 2.75) is 18.0 Å². The lowest BCUT2D eigenvalue weighted by atomic mass is 10.1. The Morgan fingerprint density at radius 2 is 1.79 bits per heavy atom. The summed E-state index contributed by atoms with van der Waals surface area (Å²) in [6.45, 7) is 0.780. The maximum Gasteiger partial charge on any atom is 0.276 e. The molecule has 0 aliphatic rings. The minimum atomic E-state index is -0.150. The fourth-order valence-electron chi connectivity index (χ4n) is 3.95. The van der Waals surface area contributed by atoms with E-state index in [-0.39, 0.29) is 11.5 Å². The van der Waals surface area contributed by atoms with Gasteiger partial charge in [0.05, 0.1) is 12.1 Å². The van der Waals surface area contributed by atoms with Gasteiger partial charge in [-0.15, -0.1) is 11.8 Å². The molecule has 164 valence electrons. The van der Waals surface area contributed by atoms with Crippen molar-refractivity contribution in [3.8, 4) is 0 Å². The Morgan fingerprint density at radius 1 is 0.970 bits per heavy atom. The van der Waals surface area contributed by atoms with Crippen LogP contribution in [-0.4, -0.2) is 26.1 Å². The summed E-state index contributed by atoms with van der Waals surface area (Å²) in [7, 11) is 0. The molecule has 0 spiro atoms. The zero-order valence-corrected chi connectivity index (χ0v) is 18.9. The van der Waals surface area contributed by atoms with E-state index in [2.05, 4.69) is 10.3 Å². The minimum Gasteiger partial charge on any atom is -0.348 e. The first-order valence-corrected chi connectivity index (χ1v) is 11.8. The molecule has 0 fully saturated rings. The molecule has 1 N–H and O–H groups in total. The molecule has 5 rings (SSSR count). The lowest BCUT2D eigenvalue weighted by Crippen LogP contribution is -2.25. The van der Waals surface area contributed by atoms with Crippen LogP contribution in [0.2, 0.25) is 0 Å². The zero-order valence-electron chi connectivity index (χ0n) is 18.1. The monoisotopic (exact) mass is 454 g/mol. The molecule has 1 amide bonds. The van der Waals surface area contributed by atoms with E-state index in [1.165, 1.54) is 4.90 Å². The average Bonchev–Trinajstić information content (AvgIpc) is 3.36. The van der Waals surface area contributed by atoms with E-state index >= 15 is 0 Å². The van der Waals surface area contributed by atoms with Crippen LogP contribution in [0, 0.1) is 0 Å². The summed E-state index contributed by atoms with van der Waals surface area (Å²) in [5.74, 6) is -0.150. The molecule has 3 aromatic heterocycles. The number of carbonyl (C=O) groups excluding carboxylic acids is 1. The van der Waals surface area contributed by atoms with Crippen molar-refractivity contribution in [2.75, 3.05) is 6.26 Å². The van der Waals surface area contributed by atoms with E-state index < -0.39 is 0 Å². The van der Waals surface area contributed by atoms with Crippen molar-refractivity contribution in [3.63, 3.8) is 0 Å². The normalized spacial score (nSPS) is 11.2. The van der Waals surface area contributed by atoms with E-state index in [0.29, 0.717) is 29.8 Å². The summed E-state index contributed by atoms with van der Waals surface area (Å²) in [6.07, 6.45) is 5.58. The second-order valence-corrected chi connectivity index (χ2v) is 8.61. The number of fused-ring (bicyclic) bond motifs is 3. The molecule has 0 radical (unpaired) electrons. The number of hydrogen-bond acceptors (Lipinski definition) is 4. The van der Waals surface area contributed by atoms with Gasteiger partial charge < -0.3 is 9.72 Å². The number of nitrogens with one attached hydrogen (secondary N) is 1. The Kier molecular flexibility index (Phi) is 5.71. The predicted molar refractivity (Wildman–Crippen MR) is 132 cm³/mol. The van der Waals surface area contributed by atoms with Crippen molar-refractivity contribution in [3.05, 3.63) is 112 Å². The molecular formula is C26H22N4O2S. The molecule has 0 aliphatic carbocycles. The van der Waals surface area contributed by atoms with E-state index in [9.17, 15) is 9.59 Å². The highest BCUT2D eigenvalue weighted by molar-refractivity contribution is 7.98. The summed E-state index contributed by atoms with van der Waals surface area (Å²) >= 11 is 1.69. The van der Waals surface area contributed by atoms with Gasteiger partial charge in [0.25, 0.3) is 11.5 Å². The Morgan fingerprint density at radius 3 is 2.61 bits per heavy atom. The van der Waals surface area contributed by atoms with Gasteiger partial charge >= 0.3 is 0 Å². The Balaban J connectivity index is 1.40. The third-order valence-corrected chi connectivity index (χ3v) is 6.38. The van der Waals surface area contributed by atoms with Gasteiger partial charge in [-0.25, -0.2) is 4.98 Å². The summed E-state index contributed by atoms with van der Waals surface area (Å²) < 4.78 is 3.52. The van der Waals surface area contributed by atoms with Gasteiger partial charge in [0, 0.05) is 29.4 Å². The largest absolute Gasteiger partial charge is 0.348 e. The zero-order chi connectivity index (χ0) is 22.8. The lowest BCUT2D eigenvalue weighted by Gasteiger charge is -2.12. The van der Waals surface area contributed by atoms with E-state index in [1.54, 1.807) is 34.7 Å². The van der Waals surface area contributed by atoms with Crippen molar-refractivity contribution in [2.24, 2.45) is 0 Å². The predicted octanol–water partition coefficient (Wildman–Crippen LogP) is 4.35. The maximum atomic E-state index is 13.2. The SMILES string of the molecule is CSc1ccc(CNC(=O)c2cccc(Cn3c(=O)c4cccn4c4cccnc43)c2)cc1. The molecule has 0 saturated carbocycles. The fourth-order valence-corrected chi connectivity index (χ4v) is 4.36. The van der Waals surface area contributed by atoms with Crippen molar-refractivity contribution in [1.82, 2.24) is 19.3 Å². The molecule has 5 aromatic rings. The first kappa shape index (κ1) is 21.0. The number of thioether (sulfide) groups is 1. The summed E-state index contributed by atoms with van der Waals surface area (Å²) in [6, 6.07) is 23.0.